The first kappa shape index (κ1) is 11.4. The van der Waals surface area contributed by atoms with Gasteiger partial charge >= 0.3 is 0 Å². The van der Waals surface area contributed by atoms with E-state index < -0.39 is 0 Å². The van der Waals surface area contributed by atoms with Crippen molar-refractivity contribution < 1.29 is 4.74 Å². The van der Waals surface area contributed by atoms with Crippen LogP contribution in [0.3, 0.4) is 0 Å². The zero-order valence-electron chi connectivity index (χ0n) is 7.87. The zero-order chi connectivity index (χ0) is 10.6. The molecule has 0 saturated carbocycles. The molecular weight excluding hydrogens is 218 g/mol. The third kappa shape index (κ3) is 3.62. The molecule has 0 aliphatic rings. The fraction of sp³-hybridized carbons (Fsp3) is 0.300. The van der Waals surface area contributed by atoms with E-state index in [0.29, 0.717) is 11.6 Å². The van der Waals surface area contributed by atoms with Gasteiger partial charge in [-0.2, -0.15) is 0 Å². The van der Waals surface area contributed by atoms with Crippen molar-refractivity contribution in [1.82, 2.24) is 0 Å². The number of ether oxygens (including phenoxy) is 1. The van der Waals surface area contributed by atoms with Crippen molar-refractivity contribution in [3.05, 3.63) is 34.9 Å². The summed E-state index contributed by atoms with van der Waals surface area (Å²) in [7, 11) is 0. The summed E-state index contributed by atoms with van der Waals surface area (Å²) in [6.45, 7) is 2.33. The van der Waals surface area contributed by atoms with Crippen molar-refractivity contribution in [3.8, 4) is 0 Å². The number of hydrogen-bond donors (Lipinski definition) is 1. The summed E-state index contributed by atoms with van der Waals surface area (Å²) in [4.78, 5) is 0.374. The molecule has 0 aliphatic carbocycles. The Balaban J connectivity index is 2.46. The lowest BCUT2D eigenvalue weighted by Gasteiger charge is -2.10. The van der Waals surface area contributed by atoms with Crippen LogP contribution in [-0.2, 0) is 11.3 Å². The second-order valence-corrected chi connectivity index (χ2v) is 3.89. The van der Waals surface area contributed by atoms with Crippen molar-refractivity contribution in [2.75, 3.05) is 0 Å². The molecule has 76 valence electrons. The number of nitrogens with two attached hydrogens (primary N) is 1. The van der Waals surface area contributed by atoms with Crippen LogP contribution in [0.2, 0.25) is 5.02 Å². The van der Waals surface area contributed by atoms with Gasteiger partial charge in [-0.05, 0) is 24.6 Å². The number of halogens is 1. The maximum atomic E-state index is 5.74. The van der Waals surface area contributed by atoms with Gasteiger partial charge in [0, 0.05) is 5.02 Å². The van der Waals surface area contributed by atoms with Crippen LogP contribution in [0.25, 0.3) is 0 Å². The third-order valence-electron chi connectivity index (χ3n) is 1.81. The fourth-order valence-corrected chi connectivity index (χ4v) is 1.08. The standard InChI is InChI=1S/C10H12ClNOS/c1-7(10(12)14)13-6-8-2-4-9(11)5-3-8/h2-5,7H,6H2,1H3,(H2,12,14). The molecule has 0 aliphatic heterocycles. The van der Waals surface area contributed by atoms with Crippen molar-refractivity contribution >= 4 is 28.8 Å². The van der Waals surface area contributed by atoms with Crippen LogP contribution < -0.4 is 5.73 Å². The normalized spacial score (nSPS) is 12.4. The van der Waals surface area contributed by atoms with Gasteiger partial charge in [0.2, 0.25) is 0 Å². The summed E-state index contributed by atoms with van der Waals surface area (Å²) < 4.78 is 5.42. The van der Waals surface area contributed by atoms with Gasteiger partial charge < -0.3 is 10.5 Å². The third-order valence-corrected chi connectivity index (χ3v) is 2.40. The Morgan fingerprint density at radius 3 is 2.57 bits per heavy atom. The average Bonchev–Trinajstić information content (AvgIpc) is 2.16. The molecule has 0 radical (unpaired) electrons. The summed E-state index contributed by atoms with van der Waals surface area (Å²) in [6, 6.07) is 7.47. The summed E-state index contributed by atoms with van der Waals surface area (Å²) in [5.41, 5.74) is 6.46. The minimum absolute atomic E-state index is 0.194. The molecule has 1 aromatic rings. The number of benzene rings is 1. The Kier molecular flexibility index (Phi) is 4.32. The lowest BCUT2D eigenvalue weighted by molar-refractivity contribution is 0.0969. The van der Waals surface area contributed by atoms with Crippen LogP contribution in [0.1, 0.15) is 12.5 Å². The SMILES string of the molecule is CC(OCc1ccc(Cl)cc1)C(N)=S. The minimum atomic E-state index is -0.194. The molecule has 1 atom stereocenters. The highest BCUT2D eigenvalue weighted by Gasteiger charge is 2.04. The summed E-state index contributed by atoms with van der Waals surface area (Å²) in [5, 5.41) is 0.719. The summed E-state index contributed by atoms with van der Waals surface area (Å²) in [5.74, 6) is 0. The van der Waals surface area contributed by atoms with Gasteiger partial charge in [0.25, 0.3) is 0 Å². The van der Waals surface area contributed by atoms with E-state index in [1.807, 2.05) is 31.2 Å². The van der Waals surface area contributed by atoms with Gasteiger partial charge in [0.1, 0.15) is 11.1 Å². The van der Waals surface area contributed by atoms with E-state index in [9.17, 15) is 0 Å². The lowest BCUT2D eigenvalue weighted by atomic mass is 10.2. The molecule has 0 amide bonds. The molecule has 0 fully saturated rings. The molecule has 0 bridgehead atoms. The molecule has 2 N–H and O–H groups in total. The molecule has 2 nitrogen and oxygen atoms in total. The van der Waals surface area contributed by atoms with E-state index in [1.54, 1.807) is 0 Å². The van der Waals surface area contributed by atoms with Gasteiger partial charge in [-0.1, -0.05) is 36.0 Å². The first-order valence-corrected chi connectivity index (χ1v) is 5.03. The monoisotopic (exact) mass is 229 g/mol. The van der Waals surface area contributed by atoms with E-state index in [-0.39, 0.29) is 6.10 Å². The van der Waals surface area contributed by atoms with Gasteiger partial charge in [0.15, 0.2) is 0 Å². The molecule has 1 rings (SSSR count). The molecule has 0 saturated heterocycles. The molecule has 0 heterocycles. The highest BCUT2D eigenvalue weighted by Crippen LogP contribution is 2.10. The lowest BCUT2D eigenvalue weighted by Crippen LogP contribution is -2.26. The summed E-state index contributed by atoms with van der Waals surface area (Å²) in [6.07, 6.45) is -0.194. The molecule has 1 aromatic carbocycles. The number of rotatable bonds is 4. The second-order valence-electron chi connectivity index (χ2n) is 2.98. The quantitative estimate of drug-likeness (QED) is 0.806. The second kappa shape index (κ2) is 5.29. The average molecular weight is 230 g/mol. The first-order valence-electron chi connectivity index (χ1n) is 4.25. The zero-order valence-corrected chi connectivity index (χ0v) is 9.44. The Bertz CT molecular complexity index is 312. The maximum Gasteiger partial charge on any atom is 0.105 e. The van der Waals surface area contributed by atoms with Crippen LogP contribution in [0.5, 0.6) is 0 Å². The topological polar surface area (TPSA) is 35.2 Å². The molecule has 4 heteroatoms. The van der Waals surface area contributed by atoms with E-state index in [1.165, 1.54) is 0 Å². The van der Waals surface area contributed by atoms with E-state index in [0.717, 1.165) is 10.6 Å². The van der Waals surface area contributed by atoms with Gasteiger partial charge in [-0.3, -0.25) is 0 Å². The summed E-state index contributed by atoms with van der Waals surface area (Å²) >= 11 is 10.5. The van der Waals surface area contributed by atoms with Crippen molar-refractivity contribution in [2.24, 2.45) is 5.73 Å². The maximum absolute atomic E-state index is 5.74. The highest BCUT2D eigenvalue weighted by molar-refractivity contribution is 7.80. The first-order chi connectivity index (χ1) is 6.59. The van der Waals surface area contributed by atoms with E-state index >= 15 is 0 Å². The Morgan fingerprint density at radius 2 is 2.07 bits per heavy atom. The predicted octanol–water partition coefficient (Wildman–Crippen LogP) is 2.53. The number of thiocarbonyl (C=S) groups is 1. The fourth-order valence-electron chi connectivity index (χ4n) is 0.884. The molecular formula is C10H12ClNOS. The van der Waals surface area contributed by atoms with Crippen molar-refractivity contribution in [3.63, 3.8) is 0 Å². The van der Waals surface area contributed by atoms with E-state index in [4.69, 9.17) is 34.3 Å². The smallest absolute Gasteiger partial charge is 0.105 e. The highest BCUT2D eigenvalue weighted by atomic mass is 35.5. The van der Waals surface area contributed by atoms with Crippen LogP contribution in [0, 0.1) is 0 Å². The molecule has 1 unspecified atom stereocenters. The minimum Gasteiger partial charge on any atom is -0.391 e. The van der Waals surface area contributed by atoms with Crippen LogP contribution in [0.15, 0.2) is 24.3 Å². The van der Waals surface area contributed by atoms with E-state index in [2.05, 4.69) is 0 Å². The molecule has 0 aromatic heterocycles. The number of hydrogen-bond acceptors (Lipinski definition) is 2. The van der Waals surface area contributed by atoms with Gasteiger partial charge in [0.05, 0.1) is 6.61 Å². The predicted molar refractivity (Wildman–Crippen MR) is 62.5 cm³/mol. The van der Waals surface area contributed by atoms with Gasteiger partial charge in [-0.15, -0.1) is 0 Å². The Labute approximate surface area is 94.0 Å². The van der Waals surface area contributed by atoms with Crippen LogP contribution in [-0.4, -0.2) is 11.1 Å². The van der Waals surface area contributed by atoms with Crippen molar-refractivity contribution in [1.29, 1.82) is 0 Å². The molecule has 14 heavy (non-hydrogen) atoms. The molecule has 0 spiro atoms. The Hall–Kier alpha value is -0.640. The van der Waals surface area contributed by atoms with Crippen molar-refractivity contribution in [2.45, 2.75) is 19.6 Å². The van der Waals surface area contributed by atoms with Crippen LogP contribution in [0.4, 0.5) is 0 Å². The largest absolute Gasteiger partial charge is 0.391 e. The Morgan fingerprint density at radius 1 is 1.50 bits per heavy atom. The van der Waals surface area contributed by atoms with Crippen LogP contribution >= 0.6 is 23.8 Å². The van der Waals surface area contributed by atoms with Gasteiger partial charge in [-0.25, -0.2) is 0 Å².